The second-order valence-electron chi connectivity index (χ2n) is 6.84. The number of alkyl halides is 6. The van der Waals surface area contributed by atoms with Gasteiger partial charge in [-0.25, -0.2) is 0 Å². The van der Waals surface area contributed by atoms with E-state index in [0.29, 0.717) is 17.4 Å². The van der Waals surface area contributed by atoms with E-state index in [1.807, 2.05) is 0 Å². The second-order valence-corrected chi connectivity index (χ2v) is 6.84. The number of rotatable bonds is 2. The maximum Gasteiger partial charge on any atom is 0.433 e. The number of ether oxygens (including phenoxy) is 1. The van der Waals surface area contributed by atoms with Gasteiger partial charge in [0.15, 0.2) is 6.10 Å². The Labute approximate surface area is 161 Å². The molecule has 2 saturated heterocycles. The van der Waals surface area contributed by atoms with E-state index in [-0.39, 0.29) is 19.1 Å². The molecule has 3 rings (SSSR count). The third-order valence-electron chi connectivity index (χ3n) is 4.79. The van der Waals surface area contributed by atoms with E-state index >= 15 is 0 Å². The number of carbonyl (C=O) groups excluding carboxylic acids is 1. The summed E-state index contributed by atoms with van der Waals surface area (Å²) in [6.45, 7) is -0.145. The molecule has 12 heteroatoms. The molecule has 2 fully saturated rings. The summed E-state index contributed by atoms with van der Waals surface area (Å²) < 4.78 is 84.9. The maximum atomic E-state index is 13.5. The Kier molecular flexibility index (Phi) is 5.40. The van der Waals surface area contributed by atoms with Crippen molar-refractivity contribution in [3.63, 3.8) is 0 Å². The topological polar surface area (TPSA) is 82.6 Å². The molecule has 1 unspecified atom stereocenters. The average molecular weight is 422 g/mol. The van der Waals surface area contributed by atoms with Crippen LogP contribution in [0.15, 0.2) is 18.2 Å². The molecular weight excluding hydrogens is 406 g/mol. The number of nitrogens with two attached hydrogens (primary N) is 1. The van der Waals surface area contributed by atoms with E-state index in [9.17, 15) is 31.1 Å². The fourth-order valence-electron chi connectivity index (χ4n) is 3.41. The number of nitrogens with zero attached hydrogens (tertiary/aromatic N) is 3. The number of nitriles is 1. The van der Waals surface area contributed by atoms with Crippen molar-refractivity contribution < 1.29 is 35.9 Å². The Morgan fingerprint density at radius 2 is 1.90 bits per heavy atom. The molecule has 6 nitrogen and oxygen atoms in total. The van der Waals surface area contributed by atoms with Crippen molar-refractivity contribution in [3.8, 4) is 6.07 Å². The van der Waals surface area contributed by atoms with E-state index in [2.05, 4.69) is 0 Å². The van der Waals surface area contributed by atoms with E-state index in [1.165, 1.54) is 11.0 Å². The number of hydrogen-bond acceptors (Lipinski definition) is 5. The number of amides is 1. The monoisotopic (exact) mass is 422 g/mol. The highest BCUT2D eigenvalue weighted by atomic mass is 19.4. The first kappa shape index (κ1) is 21.2. The van der Waals surface area contributed by atoms with E-state index < -0.39 is 54.0 Å². The molecule has 1 aromatic rings. The predicted octanol–water partition coefficient (Wildman–Crippen LogP) is 2.23. The summed E-state index contributed by atoms with van der Waals surface area (Å²) in [5, 5.41) is 8.85. The zero-order chi connectivity index (χ0) is 21.6. The van der Waals surface area contributed by atoms with Gasteiger partial charge in [0.05, 0.1) is 23.7 Å². The van der Waals surface area contributed by atoms with Gasteiger partial charge in [-0.2, -0.15) is 31.6 Å². The van der Waals surface area contributed by atoms with Crippen molar-refractivity contribution in [2.75, 3.05) is 24.5 Å². The van der Waals surface area contributed by atoms with E-state index in [4.69, 9.17) is 15.7 Å². The van der Waals surface area contributed by atoms with Crippen LogP contribution in [0.5, 0.6) is 0 Å². The summed E-state index contributed by atoms with van der Waals surface area (Å²) in [6.07, 6.45) is -13.5. The van der Waals surface area contributed by atoms with Crippen LogP contribution >= 0.6 is 0 Å². The minimum Gasteiger partial charge on any atom is -0.339 e. The first-order valence-corrected chi connectivity index (χ1v) is 8.56. The number of benzene rings is 1. The molecule has 1 amide bonds. The fraction of sp³-hybridized carbons (Fsp3) is 0.529. The zero-order valence-corrected chi connectivity index (χ0v) is 14.8. The van der Waals surface area contributed by atoms with Gasteiger partial charge in [0.25, 0.3) is 5.91 Å². The summed E-state index contributed by atoms with van der Waals surface area (Å²) in [6, 6.07) is 3.29. The van der Waals surface area contributed by atoms with Gasteiger partial charge in [0.2, 0.25) is 6.23 Å². The number of anilines is 1. The summed E-state index contributed by atoms with van der Waals surface area (Å²) >= 11 is 0. The highest BCUT2D eigenvalue weighted by Gasteiger charge is 2.53. The highest BCUT2D eigenvalue weighted by molar-refractivity contribution is 5.82. The van der Waals surface area contributed by atoms with Crippen LogP contribution in [0.3, 0.4) is 0 Å². The van der Waals surface area contributed by atoms with Crippen molar-refractivity contribution in [1.29, 1.82) is 5.26 Å². The van der Waals surface area contributed by atoms with Crippen LogP contribution in [-0.4, -0.2) is 55.0 Å². The van der Waals surface area contributed by atoms with Crippen LogP contribution in [-0.2, 0) is 15.7 Å². The third kappa shape index (κ3) is 4.25. The smallest absolute Gasteiger partial charge is 0.339 e. The molecular formula is C17H16F6N4O2. The van der Waals surface area contributed by atoms with Crippen molar-refractivity contribution in [1.82, 2.24) is 4.90 Å². The Balaban J connectivity index is 1.92. The van der Waals surface area contributed by atoms with Crippen LogP contribution in [0.4, 0.5) is 32.0 Å². The Bertz CT molecular complexity index is 835. The molecule has 0 saturated carbocycles. The highest BCUT2D eigenvalue weighted by Crippen LogP contribution is 2.39. The normalized spacial score (nSPS) is 25.4. The van der Waals surface area contributed by atoms with Crippen LogP contribution in [0, 0.1) is 11.3 Å². The molecule has 0 bridgehead atoms. The standard InChI is InChI=1S/C17H16F6N4O2/c18-16(19,20)12-5-11(2-1-9(12)6-24)27-8-13(29-15(27)17(21,22)23)14(28)26-4-3-10(25)7-26/h1-2,5,10,13,15H,3-4,7-8,25H2/t10?,13-,15+/m0/s1. The molecule has 0 aromatic heterocycles. The molecule has 2 heterocycles. The second kappa shape index (κ2) is 7.38. The fourth-order valence-corrected chi connectivity index (χ4v) is 3.41. The lowest BCUT2D eigenvalue weighted by Crippen LogP contribution is -2.42. The molecule has 3 atom stereocenters. The zero-order valence-electron chi connectivity index (χ0n) is 14.8. The summed E-state index contributed by atoms with van der Waals surface area (Å²) in [5.74, 6) is -0.695. The van der Waals surface area contributed by atoms with Gasteiger partial charge in [-0.05, 0) is 24.6 Å². The third-order valence-corrected chi connectivity index (χ3v) is 4.79. The van der Waals surface area contributed by atoms with Crippen molar-refractivity contribution in [3.05, 3.63) is 29.3 Å². The Morgan fingerprint density at radius 1 is 1.21 bits per heavy atom. The largest absolute Gasteiger partial charge is 0.433 e. The first-order valence-electron chi connectivity index (χ1n) is 8.56. The molecule has 0 aliphatic carbocycles. The molecule has 0 radical (unpaired) electrons. The van der Waals surface area contributed by atoms with Gasteiger partial charge in [-0.3, -0.25) is 4.79 Å². The predicted molar refractivity (Wildman–Crippen MR) is 87.4 cm³/mol. The van der Waals surface area contributed by atoms with Crippen molar-refractivity contribution in [2.24, 2.45) is 5.73 Å². The lowest BCUT2D eigenvalue weighted by molar-refractivity contribution is -0.214. The van der Waals surface area contributed by atoms with Gasteiger partial charge in [-0.1, -0.05) is 0 Å². The van der Waals surface area contributed by atoms with Gasteiger partial charge >= 0.3 is 12.4 Å². The quantitative estimate of drug-likeness (QED) is 0.740. The number of carbonyl (C=O) groups is 1. The van der Waals surface area contributed by atoms with Gasteiger partial charge in [0.1, 0.15) is 0 Å². The lowest BCUT2D eigenvalue weighted by Gasteiger charge is -2.27. The van der Waals surface area contributed by atoms with Crippen LogP contribution < -0.4 is 10.6 Å². The molecule has 1 aromatic carbocycles. The molecule has 0 spiro atoms. The summed E-state index contributed by atoms with van der Waals surface area (Å²) in [7, 11) is 0. The van der Waals surface area contributed by atoms with Gasteiger partial charge < -0.3 is 20.3 Å². The molecule has 2 aliphatic heterocycles. The van der Waals surface area contributed by atoms with Gasteiger partial charge in [0, 0.05) is 24.8 Å². The van der Waals surface area contributed by atoms with Crippen molar-refractivity contribution >= 4 is 11.6 Å². The average Bonchev–Trinajstić information content (AvgIpc) is 3.26. The van der Waals surface area contributed by atoms with Crippen LogP contribution in [0.25, 0.3) is 0 Å². The molecule has 2 N–H and O–H groups in total. The Hall–Kier alpha value is -2.52. The molecule has 2 aliphatic rings. The molecule has 29 heavy (non-hydrogen) atoms. The van der Waals surface area contributed by atoms with E-state index in [1.54, 1.807) is 0 Å². The number of halogens is 6. The minimum absolute atomic E-state index is 0.171. The number of hydrogen-bond donors (Lipinski definition) is 1. The molecule has 158 valence electrons. The van der Waals surface area contributed by atoms with Crippen LogP contribution in [0.2, 0.25) is 0 Å². The summed E-state index contributed by atoms with van der Waals surface area (Å²) in [4.78, 5) is 14.3. The minimum atomic E-state index is -4.96. The maximum absolute atomic E-state index is 13.5. The summed E-state index contributed by atoms with van der Waals surface area (Å²) in [5.41, 5.74) is 3.17. The lowest BCUT2D eigenvalue weighted by atomic mass is 10.1. The Morgan fingerprint density at radius 3 is 2.41 bits per heavy atom. The SMILES string of the molecule is N#Cc1ccc(N2C[C@@H](C(=O)N3CCC(N)C3)O[C@@H]2C(F)(F)F)cc1C(F)(F)F. The van der Waals surface area contributed by atoms with E-state index in [0.717, 1.165) is 12.1 Å². The van der Waals surface area contributed by atoms with Crippen LogP contribution in [0.1, 0.15) is 17.5 Å². The van der Waals surface area contributed by atoms with Gasteiger partial charge in [-0.15, -0.1) is 0 Å². The first-order chi connectivity index (χ1) is 13.4. The number of likely N-dealkylation sites (tertiary alicyclic amines) is 1. The van der Waals surface area contributed by atoms with Crippen molar-refractivity contribution in [2.45, 2.75) is 37.1 Å².